The zero-order chi connectivity index (χ0) is 11.1. The molecule has 2 amide bonds. The van der Waals surface area contributed by atoms with Crippen molar-refractivity contribution in [3.05, 3.63) is 0 Å². The summed E-state index contributed by atoms with van der Waals surface area (Å²) in [6.07, 6.45) is 0.745. The summed E-state index contributed by atoms with van der Waals surface area (Å²) in [7, 11) is 0. The van der Waals surface area contributed by atoms with Crippen LogP contribution in [0.3, 0.4) is 0 Å². The van der Waals surface area contributed by atoms with Gasteiger partial charge in [-0.15, -0.1) is 5.06 Å². The van der Waals surface area contributed by atoms with Crippen molar-refractivity contribution in [2.45, 2.75) is 31.8 Å². The third-order valence-corrected chi connectivity index (χ3v) is 2.61. The van der Waals surface area contributed by atoms with Gasteiger partial charge in [0.05, 0.1) is 6.61 Å². The first-order valence-corrected chi connectivity index (χ1v) is 4.75. The topological polar surface area (TPSA) is 72.9 Å². The summed E-state index contributed by atoms with van der Waals surface area (Å²) in [5.74, 6) is -1.63. The van der Waals surface area contributed by atoms with Crippen LogP contribution in [0, 0.1) is 0 Å². The van der Waals surface area contributed by atoms with Crippen LogP contribution < -0.4 is 0 Å². The second-order valence-corrected chi connectivity index (χ2v) is 3.79. The number of nitrogens with zero attached hydrogens (tertiary/aromatic N) is 1. The van der Waals surface area contributed by atoms with E-state index in [0.717, 1.165) is 0 Å². The van der Waals surface area contributed by atoms with E-state index in [-0.39, 0.29) is 12.8 Å². The van der Waals surface area contributed by atoms with E-state index in [2.05, 4.69) is 0 Å². The highest BCUT2D eigenvalue weighted by molar-refractivity contribution is 6.01. The average Bonchev–Trinajstić information content (AvgIpc) is 2.45. The molecule has 2 aliphatic heterocycles. The maximum Gasteiger partial charge on any atom is 0.364 e. The Morgan fingerprint density at radius 2 is 1.93 bits per heavy atom. The van der Waals surface area contributed by atoms with Gasteiger partial charge < -0.3 is 9.57 Å². The Morgan fingerprint density at radius 1 is 1.40 bits per heavy atom. The van der Waals surface area contributed by atoms with E-state index < -0.39 is 23.4 Å². The molecule has 15 heavy (non-hydrogen) atoms. The fraction of sp³-hybridized carbons (Fsp3) is 0.667. The number of rotatable bonds is 2. The molecule has 2 rings (SSSR count). The molecular weight excluding hydrogens is 202 g/mol. The number of hydroxylamine groups is 2. The SMILES string of the molecule is CC1(C(=O)ON2C(=O)CCC2=O)CCO1. The lowest BCUT2D eigenvalue weighted by atomic mass is 9.98. The highest BCUT2D eigenvalue weighted by Gasteiger charge is 2.46. The van der Waals surface area contributed by atoms with Crippen molar-refractivity contribution in [3.63, 3.8) is 0 Å². The van der Waals surface area contributed by atoms with Crippen molar-refractivity contribution in [2.75, 3.05) is 6.61 Å². The Kier molecular flexibility index (Phi) is 2.22. The summed E-state index contributed by atoms with van der Waals surface area (Å²) in [6, 6.07) is 0. The Balaban J connectivity index is 1.99. The van der Waals surface area contributed by atoms with Crippen molar-refractivity contribution >= 4 is 17.8 Å². The summed E-state index contributed by atoms with van der Waals surface area (Å²) >= 11 is 0. The lowest BCUT2D eigenvalue weighted by molar-refractivity contribution is -0.228. The van der Waals surface area contributed by atoms with Gasteiger partial charge in [0.1, 0.15) is 0 Å². The molecule has 82 valence electrons. The van der Waals surface area contributed by atoms with Gasteiger partial charge >= 0.3 is 5.97 Å². The van der Waals surface area contributed by atoms with Gasteiger partial charge in [-0.05, 0) is 6.92 Å². The van der Waals surface area contributed by atoms with Crippen molar-refractivity contribution < 1.29 is 24.0 Å². The predicted octanol–water partition coefficient (Wildman–Crippen LogP) is -0.227. The summed E-state index contributed by atoms with van der Waals surface area (Å²) in [4.78, 5) is 38.5. The van der Waals surface area contributed by atoms with Crippen LogP contribution in [0.2, 0.25) is 0 Å². The molecule has 2 saturated heterocycles. The Bertz CT molecular complexity index is 317. The molecule has 0 bridgehead atoms. The molecule has 0 spiro atoms. The molecule has 0 radical (unpaired) electrons. The Labute approximate surface area is 86.1 Å². The van der Waals surface area contributed by atoms with Crippen LogP contribution >= 0.6 is 0 Å². The monoisotopic (exact) mass is 213 g/mol. The first kappa shape index (κ1) is 10.1. The number of carbonyl (C=O) groups is 3. The largest absolute Gasteiger partial charge is 0.364 e. The zero-order valence-corrected chi connectivity index (χ0v) is 8.32. The van der Waals surface area contributed by atoms with Gasteiger partial charge in [-0.1, -0.05) is 0 Å². The summed E-state index contributed by atoms with van der Waals surface area (Å²) in [6.45, 7) is 2.07. The fourth-order valence-corrected chi connectivity index (χ4v) is 1.41. The first-order valence-electron chi connectivity index (χ1n) is 4.75. The van der Waals surface area contributed by atoms with Crippen LogP contribution in [0.5, 0.6) is 0 Å². The summed E-state index contributed by atoms with van der Waals surface area (Å²) < 4.78 is 5.04. The third-order valence-electron chi connectivity index (χ3n) is 2.61. The highest BCUT2D eigenvalue weighted by Crippen LogP contribution is 2.28. The van der Waals surface area contributed by atoms with Crippen LogP contribution in [0.25, 0.3) is 0 Å². The van der Waals surface area contributed by atoms with Gasteiger partial charge in [-0.3, -0.25) is 9.59 Å². The second-order valence-electron chi connectivity index (χ2n) is 3.79. The smallest absolute Gasteiger partial charge is 0.363 e. The molecule has 0 aromatic heterocycles. The van der Waals surface area contributed by atoms with E-state index in [1.165, 1.54) is 0 Å². The maximum atomic E-state index is 11.5. The number of imide groups is 1. The quantitative estimate of drug-likeness (QED) is 0.592. The van der Waals surface area contributed by atoms with Gasteiger partial charge in [0.25, 0.3) is 11.8 Å². The van der Waals surface area contributed by atoms with E-state index in [4.69, 9.17) is 9.57 Å². The third kappa shape index (κ3) is 1.61. The van der Waals surface area contributed by atoms with E-state index in [1.54, 1.807) is 6.92 Å². The lowest BCUT2D eigenvalue weighted by Gasteiger charge is -2.35. The van der Waals surface area contributed by atoms with Crippen molar-refractivity contribution in [3.8, 4) is 0 Å². The zero-order valence-electron chi connectivity index (χ0n) is 8.32. The first-order chi connectivity index (χ1) is 7.03. The predicted molar refractivity (Wildman–Crippen MR) is 46.2 cm³/mol. The standard InChI is InChI=1S/C9H11NO5/c1-9(4-5-14-9)8(13)15-10-6(11)2-3-7(10)12/h2-5H2,1H3. The average molecular weight is 213 g/mol. The number of hydrogen-bond donors (Lipinski definition) is 0. The number of hydrogen-bond acceptors (Lipinski definition) is 5. The van der Waals surface area contributed by atoms with Crippen LogP contribution in [-0.4, -0.2) is 35.1 Å². The molecule has 1 atom stereocenters. The number of ether oxygens (including phenoxy) is 1. The van der Waals surface area contributed by atoms with Crippen LogP contribution in [-0.2, 0) is 24.0 Å². The maximum absolute atomic E-state index is 11.5. The fourth-order valence-electron chi connectivity index (χ4n) is 1.41. The molecule has 0 aliphatic carbocycles. The van der Waals surface area contributed by atoms with Gasteiger partial charge in [0.15, 0.2) is 5.60 Å². The normalized spacial score (nSPS) is 30.3. The molecule has 0 saturated carbocycles. The van der Waals surface area contributed by atoms with Gasteiger partial charge in [0.2, 0.25) is 0 Å². The van der Waals surface area contributed by atoms with E-state index in [1.807, 2.05) is 0 Å². The van der Waals surface area contributed by atoms with E-state index in [0.29, 0.717) is 18.1 Å². The van der Waals surface area contributed by atoms with E-state index >= 15 is 0 Å². The molecule has 2 aliphatic rings. The van der Waals surface area contributed by atoms with Crippen molar-refractivity contribution in [1.82, 2.24) is 5.06 Å². The minimum absolute atomic E-state index is 0.101. The Hall–Kier alpha value is -1.43. The van der Waals surface area contributed by atoms with Gasteiger partial charge in [-0.25, -0.2) is 4.79 Å². The number of amides is 2. The molecule has 2 heterocycles. The molecule has 1 unspecified atom stereocenters. The van der Waals surface area contributed by atoms with Crippen molar-refractivity contribution in [2.24, 2.45) is 0 Å². The molecule has 0 N–H and O–H groups in total. The molecular formula is C9H11NO5. The van der Waals surface area contributed by atoms with E-state index in [9.17, 15) is 14.4 Å². The summed E-state index contributed by atoms with van der Waals surface area (Å²) in [5.41, 5.74) is -0.997. The molecule has 6 nitrogen and oxygen atoms in total. The van der Waals surface area contributed by atoms with Crippen molar-refractivity contribution in [1.29, 1.82) is 0 Å². The lowest BCUT2D eigenvalue weighted by Crippen LogP contribution is -2.51. The summed E-state index contributed by atoms with van der Waals surface area (Å²) in [5, 5.41) is 0.537. The van der Waals surface area contributed by atoms with Gasteiger partial charge in [-0.2, -0.15) is 0 Å². The molecule has 6 heteroatoms. The van der Waals surface area contributed by atoms with Gasteiger partial charge in [0, 0.05) is 19.3 Å². The van der Waals surface area contributed by atoms with Crippen LogP contribution in [0.15, 0.2) is 0 Å². The van der Waals surface area contributed by atoms with Crippen LogP contribution in [0.4, 0.5) is 0 Å². The van der Waals surface area contributed by atoms with Crippen LogP contribution in [0.1, 0.15) is 26.2 Å². The molecule has 0 aromatic rings. The highest BCUT2D eigenvalue weighted by atomic mass is 16.7. The minimum Gasteiger partial charge on any atom is -0.363 e. The molecule has 0 aromatic carbocycles. The second kappa shape index (κ2) is 3.30. The minimum atomic E-state index is -0.997. The Morgan fingerprint density at radius 3 is 2.33 bits per heavy atom. The number of carbonyl (C=O) groups excluding carboxylic acids is 3. The molecule has 2 fully saturated rings.